The topological polar surface area (TPSA) is 38.3 Å². The lowest BCUT2D eigenvalue weighted by Gasteiger charge is -2.13. The van der Waals surface area contributed by atoms with Crippen molar-refractivity contribution in [3.05, 3.63) is 0 Å². The molecule has 1 fully saturated rings. The maximum atomic E-state index is 11.4. The summed E-state index contributed by atoms with van der Waals surface area (Å²) in [5.41, 5.74) is -0.175. The minimum absolute atomic E-state index is 0.0467. The Kier molecular flexibility index (Phi) is 3.93. The molecule has 3 nitrogen and oxygen atoms in total. The first-order valence-electron chi connectivity index (χ1n) is 5.40. The monoisotopic (exact) mass is 199 g/mol. The summed E-state index contributed by atoms with van der Waals surface area (Å²) in [6.07, 6.45) is 3.12. The van der Waals surface area contributed by atoms with E-state index >= 15 is 0 Å². The van der Waals surface area contributed by atoms with E-state index in [1.807, 2.05) is 0 Å². The van der Waals surface area contributed by atoms with Gasteiger partial charge in [-0.25, -0.2) is 0 Å². The van der Waals surface area contributed by atoms with Crippen LogP contribution in [-0.4, -0.2) is 26.2 Å². The third-order valence-electron chi connectivity index (χ3n) is 2.83. The maximum Gasteiger partial charge on any atom is 0.313 e. The van der Waals surface area contributed by atoms with Crippen LogP contribution in [0.3, 0.4) is 0 Å². The van der Waals surface area contributed by atoms with Gasteiger partial charge in [0.05, 0.1) is 12.5 Å². The summed E-state index contributed by atoms with van der Waals surface area (Å²) >= 11 is 0. The molecule has 1 N–H and O–H groups in total. The van der Waals surface area contributed by atoms with Crippen molar-refractivity contribution in [3.63, 3.8) is 0 Å². The zero-order valence-electron chi connectivity index (χ0n) is 9.43. The fourth-order valence-corrected chi connectivity index (χ4v) is 1.54. The van der Waals surface area contributed by atoms with Gasteiger partial charge in [0.2, 0.25) is 0 Å². The molecule has 82 valence electrons. The largest absolute Gasteiger partial charge is 0.469 e. The number of rotatable bonds is 6. The van der Waals surface area contributed by atoms with Crippen LogP contribution in [0.1, 0.15) is 33.1 Å². The number of hydrogen-bond donors (Lipinski definition) is 1. The molecule has 0 atom stereocenters. The van der Waals surface area contributed by atoms with Gasteiger partial charge in [0, 0.05) is 6.54 Å². The molecule has 14 heavy (non-hydrogen) atoms. The number of carbonyl (C=O) groups excluding carboxylic acids is 1. The Morgan fingerprint density at radius 2 is 2.14 bits per heavy atom. The van der Waals surface area contributed by atoms with Crippen LogP contribution in [0.15, 0.2) is 0 Å². The first kappa shape index (κ1) is 11.5. The Morgan fingerprint density at radius 1 is 1.50 bits per heavy atom. The Hall–Kier alpha value is -0.570. The highest BCUT2D eigenvalue weighted by atomic mass is 16.5. The van der Waals surface area contributed by atoms with Crippen LogP contribution < -0.4 is 5.32 Å². The summed E-state index contributed by atoms with van der Waals surface area (Å²) in [4.78, 5) is 11.4. The van der Waals surface area contributed by atoms with E-state index in [1.165, 1.54) is 7.11 Å². The normalized spacial score (nSPS) is 18.3. The standard InChI is InChI=1S/C11H21NO2/c1-9(2)4-7-12-8-11(5-6-11)10(13)14-3/h9,12H,4-8H2,1-3H3. The fraction of sp³-hybridized carbons (Fsp3) is 0.909. The molecule has 0 amide bonds. The number of nitrogens with one attached hydrogen (secondary N) is 1. The maximum absolute atomic E-state index is 11.4. The third-order valence-corrected chi connectivity index (χ3v) is 2.83. The van der Waals surface area contributed by atoms with Gasteiger partial charge in [0.15, 0.2) is 0 Å². The summed E-state index contributed by atoms with van der Waals surface area (Å²) in [5, 5.41) is 3.33. The van der Waals surface area contributed by atoms with Crippen LogP contribution >= 0.6 is 0 Å². The van der Waals surface area contributed by atoms with E-state index in [1.54, 1.807) is 0 Å². The van der Waals surface area contributed by atoms with Crippen molar-refractivity contribution in [3.8, 4) is 0 Å². The summed E-state index contributed by atoms with van der Waals surface area (Å²) in [6.45, 7) is 6.19. The van der Waals surface area contributed by atoms with Gasteiger partial charge in [0.1, 0.15) is 0 Å². The minimum Gasteiger partial charge on any atom is -0.469 e. The molecule has 1 saturated carbocycles. The first-order valence-corrected chi connectivity index (χ1v) is 5.40. The van der Waals surface area contributed by atoms with Crippen molar-refractivity contribution in [2.45, 2.75) is 33.1 Å². The van der Waals surface area contributed by atoms with E-state index < -0.39 is 0 Å². The molecule has 3 heteroatoms. The molecule has 0 radical (unpaired) electrons. The molecule has 0 aliphatic heterocycles. The van der Waals surface area contributed by atoms with Crippen molar-refractivity contribution in [1.29, 1.82) is 0 Å². The molecule has 0 saturated heterocycles. The Bertz CT molecular complexity index is 197. The van der Waals surface area contributed by atoms with Gasteiger partial charge in [-0.2, -0.15) is 0 Å². The van der Waals surface area contributed by atoms with Gasteiger partial charge in [-0.1, -0.05) is 13.8 Å². The average molecular weight is 199 g/mol. The van der Waals surface area contributed by atoms with E-state index in [9.17, 15) is 4.79 Å². The third kappa shape index (κ3) is 2.98. The molecule has 0 aromatic heterocycles. The summed E-state index contributed by atoms with van der Waals surface area (Å²) in [5.74, 6) is 0.672. The van der Waals surface area contributed by atoms with Crippen LogP contribution in [0.5, 0.6) is 0 Å². The first-order chi connectivity index (χ1) is 6.60. The fourth-order valence-electron chi connectivity index (χ4n) is 1.54. The molecule has 1 rings (SSSR count). The van der Waals surface area contributed by atoms with Gasteiger partial charge in [-0.05, 0) is 31.7 Å². The van der Waals surface area contributed by atoms with Gasteiger partial charge in [-0.3, -0.25) is 4.79 Å². The highest BCUT2D eigenvalue weighted by Crippen LogP contribution is 2.45. The van der Waals surface area contributed by atoms with Crippen molar-refractivity contribution in [2.75, 3.05) is 20.2 Å². The lowest BCUT2D eigenvalue weighted by molar-refractivity contribution is -0.146. The van der Waals surface area contributed by atoms with Crippen molar-refractivity contribution < 1.29 is 9.53 Å². The second kappa shape index (κ2) is 4.78. The van der Waals surface area contributed by atoms with E-state index in [0.717, 1.165) is 38.3 Å². The number of carbonyl (C=O) groups is 1. The molecule has 1 aliphatic rings. The summed E-state index contributed by atoms with van der Waals surface area (Å²) < 4.78 is 4.78. The van der Waals surface area contributed by atoms with Crippen molar-refractivity contribution in [2.24, 2.45) is 11.3 Å². The van der Waals surface area contributed by atoms with Crippen molar-refractivity contribution in [1.82, 2.24) is 5.32 Å². The van der Waals surface area contributed by atoms with Crippen LogP contribution in [0.2, 0.25) is 0 Å². The quantitative estimate of drug-likeness (QED) is 0.521. The molecule has 0 bridgehead atoms. The molecule has 0 aromatic rings. The Morgan fingerprint density at radius 3 is 2.57 bits per heavy atom. The molecule has 1 aliphatic carbocycles. The minimum atomic E-state index is -0.175. The number of methoxy groups -OCH3 is 1. The zero-order valence-corrected chi connectivity index (χ0v) is 9.43. The summed E-state index contributed by atoms with van der Waals surface area (Å²) in [6, 6.07) is 0. The molecule has 0 aromatic carbocycles. The van der Waals surface area contributed by atoms with E-state index in [0.29, 0.717) is 0 Å². The predicted octanol–water partition coefficient (Wildman–Crippen LogP) is 1.58. The second-order valence-electron chi connectivity index (χ2n) is 4.63. The molecule has 0 spiro atoms. The predicted molar refractivity (Wildman–Crippen MR) is 56.0 cm³/mol. The highest BCUT2D eigenvalue weighted by Gasteiger charge is 2.50. The number of hydrogen-bond acceptors (Lipinski definition) is 3. The Labute approximate surface area is 86.2 Å². The van der Waals surface area contributed by atoms with Crippen LogP contribution in [0.25, 0.3) is 0 Å². The number of esters is 1. The van der Waals surface area contributed by atoms with Crippen LogP contribution in [0.4, 0.5) is 0 Å². The zero-order chi connectivity index (χ0) is 10.6. The van der Waals surface area contributed by atoms with Crippen LogP contribution in [-0.2, 0) is 9.53 Å². The van der Waals surface area contributed by atoms with E-state index in [-0.39, 0.29) is 11.4 Å². The lowest BCUT2D eigenvalue weighted by atomic mass is 10.1. The number of ether oxygens (including phenoxy) is 1. The summed E-state index contributed by atoms with van der Waals surface area (Å²) in [7, 11) is 1.47. The average Bonchev–Trinajstić information content (AvgIpc) is 2.92. The van der Waals surface area contributed by atoms with Gasteiger partial charge < -0.3 is 10.1 Å². The van der Waals surface area contributed by atoms with Gasteiger partial charge in [-0.15, -0.1) is 0 Å². The van der Waals surface area contributed by atoms with Crippen LogP contribution in [0, 0.1) is 11.3 Å². The van der Waals surface area contributed by atoms with Crippen molar-refractivity contribution >= 4 is 5.97 Å². The SMILES string of the molecule is COC(=O)C1(CNCCC(C)C)CC1. The molecular weight excluding hydrogens is 178 g/mol. The molecule has 0 heterocycles. The highest BCUT2D eigenvalue weighted by molar-refractivity contribution is 5.80. The van der Waals surface area contributed by atoms with Gasteiger partial charge >= 0.3 is 5.97 Å². The second-order valence-corrected chi connectivity index (χ2v) is 4.63. The Balaban J connectivity index is 2.15. The molecule has 0 unspecified atom stereocenters. The molecular formula is C11H21NO2. The lowest BCUT2D eigenvalue weighted by Crippen LogP contribution is -2.31. The van der Waals surface area contributed by atoms with Gasteiger partial charge in [0.25, 0.3) is 0 Å². The smallest absolute Gasteiger partial charge is 0.313 e. The van der Waals surface area contributed by atoms with E-state index in [4.69, 9.17) is 4.74 Å². The van der Waals surface area contributed by atoms with E-state index in [2.05, 4.69) is 19.2 Å².